The normalized spacial score (nSPS) is 21.3. The highest BCUT2D eigenvalue weighted by atomic mass is 19.1. The lowest BCUT2D eigenvalue weighted by atomic mass is 9.86. The van der Waals surface area contributed by atoms with Gasteiger partial charge in [-0.15, -0.1) is 0 Å². The summed E-state index contributed by atoms with van der Waals surface area (Å²) in [6.07, 6.45) is 3.99. The number of oxazole rings is 1. The Morgan fingerprint density at radius 1 is 1.43 bits per heavy atom. The van der Waals surface area contributed by atoms with Crippen molar-refractivity contribution in [1.29, 1.82) is 0 Å². The Kier molecular flexibility index (Phi) is 4.36. The van der Waals surface area contributed by atoms with E-state index in [-0.39, 0.29) is 17.9 Å². The van der Waals surface area contributed by atoms with Gasteiger partial charge in [0.05, 0.1) is 0 Å². The molecule has 0 radical (unpaired) electrons. The van der Waals surface area contributed by atoms with Gasteiger partial charge in [-0.2, -0.15) is 4.98 Å². The van der Waals surface area contributed by atoms with E-state index in [0.29, 0.717) is 29.6 Å². The van der Waals surface area contributed by atoms with Crippen molar-refractivity contribution in [1.82, 2.24) is 9.88 Å². The number of benzene rings is 1. The number of rotatable bonds is 4. The molecule has 0 aliphatic heterocycles. The number of hydrogen-bond donors (Lipinski definition) is 2. The Morgan fingerprint density at radius 3 is 2.87 bits per heavy atom. The molecular weight excluding hydrogens is 299 g/mol. The predicted octanol–water partition coefficient (Wildman–Crippen LogP) is 2.95. The molecule has 1 fully saturated rings. The zero-order chi connectivity index (χ0) is 16.4. The quantitative estimate of drug-likeness (QED) is 0.907. The first-order valence-electron chi connectivity index (χ1n) is 7.84. The average Bonchev–Trinajstić information content (AvgIpc) is 2.90. The number of amides is 2. The summed E-state index contributed by atoms with van der Waals surface area (Å²) in [6, 6.07) is 4.64. The van der Waals surface area contributed by atoms with Gasteiger partial charge < -0.3 is 20.4 Å². The van der Waals surface area contributed by atoms with E-state index in [1.807, 2.05) is 0 Å². The summed E-state index contributed by atoms with van der Waals surface area (Å²) in [4.78, 5) is 17.0. The number of nitrogens with two attached hydrogens (primary N) is 1. The van der Waals surface area contributed by atoms with Crippen LogP contribution in [0.3, 0.4) is 0 Å². The summed E-state index contributed by atoms with van der Waals surface area (Å²) in [5, 5.41) is 3.28. The number of aromatic nitrogens is 1. The van der Waals surface area contributed by atoms with Gasteiger partial charge >= 0.3 is 6.03 Å². The lowest BCUT2D eigenvalue weighted by Crippen LogP contribution is -2.38. The smallest absolute Gasteiger partial charge is 0.314 e. The van der Waals surface area contributed by atoms with Crippen LogP contribution in [0, 0.1) is 11.7 Å². The molecule has 6 nitrogen and oxygen atoms in total. The number of nitrogens with one attached hydrogen (secondary N) is 1. The monoisotopic (exact) mass is 320 g/mol. The lowest BCUT2D eigenvalue weighted by Gasteiger charge is -2.30. The van der Waals surface area contributed by atoms with Crippen LogP contribution in [0.4, 0.5) is 15.2 Å². The second-order valence-corrected chi connectivity index (χ2v) is 6.21. The van der Waals surface area contributed by atoms with Crippen molar-refractivity contribution >= 4 is 23.1 Å². The number of fused-ring (bicyclic) bond motifs is 1. The Labute approximate surface area is 133 Å². The third-order valence-corrected chi connectivity index (χ3v) is 4.43. The minimum absolute atomic E-state index is 0.281. The van der Waals surface area contributed by atoms with Crippen LogP contribution in [-0.2, 0) is 0 Å². The molecule has 2 aromatic rings. The van der Waals surface area contributed by atoms with Crippen molar-refractivity contribution < 1.29 is 13.6 Å². The Hall–Kier alpha value is -2.31. The molecule has 7 heteroatoms. The first kappa shape index (κ1) is 15.6. The van der Waals surface area contributed by atoms with Gasteiger partial charge in [-0.1, -0.05) is 0 Å². The van der Waals surface area contributed by atoms with Crippen molar-refractivity contribution in [3.05, 3.63) is 24.0 Å². The Morgan fingerprint density at radius 2 is 2.17 bits per heavy atom. The van der Waals surface area contributed by atoms with Gasteiger partial charge in [-0.05, 0) is 43.7 Å². The molecule has 0 saturated heterocycles. The van der Waals surface area contributed by atoms with Crippen molar-refractivity contribution in [3.63, 3.8) is 0 Å². The topological polar surface area (TPSA) is 84.4 Å². The molecule has 23 heavy (non-hydrogen) atoms. The first-order valence-corrected chi connectivity index (χ1v) is 7.84. The lowest BCUT2D eigenvalue weighted by molar-refractivity contribution is 0.199. The molecule has 124 valence electrons. The average molecular weight is 320 g/mol. The van der Waals surface area contributed by atoms with Crippen LogP contribution in [-0.4, -0.2) is 35.5 Å². The van der Waals surface area contributed by atoms with Crippen LogP contribution in [0.15, 0.2) is 22.6 Å². The van der Waals surface area contributed by atoms with Gasteiger partial charge in [0.25, 0.3) is 6.01 Å². The third-order valence-electron chi connectivity index (χ3n) is 4.43. The van der Waals surface area contributed by atoms with E-state index < -0.39 is 0 Å². The largest absolute Gasteiger partial charge is 0.423 e. The molecule has 1 aliphatic carbocycles. The predicted molar refractivity (Wildman–Crippen MR) is 85.5 cm³/mol. The molecule has 1 aromatic carbocycles. The maximum Gasteiger partial charge on any atom is 0.314 e. The van der Waals surface area contributed by atoms with Crippen LogP contribution in [0.5, 0.6) is 0 Å². The molecule has 3 N–H and O–H groups in total. The van der Waals surface area contributed by atoms with Gasteiger partial charge in [0.2, 0.25) is 0 Å². The molecule has 0 unspecified atom stereocenters. The number of carbonyl (C=O) groups excluding carboxylic acids is 1. The Balaban J connectivity index is 1.54. The maximum absolute atomic E-state index is 13.2. The maximum atomic E-state index is 13.2. The summed E-state index contributed by atoms with van der Waals surface area (Å²) in [7, 11) is 1.73. The number of anilines is 1. The molecule has 3 rings (SSSR count). The van der Waals surface area contributed by atoms with E-state index in [0.717, 1.165) is 25.7 Å². The van der Waals surface area contributed by atoms with Gasteiger partial charge in [0, 0.05) is 25.7 Å². The minimum Gasteiger partial charge on any atom is -0.423 e. The fraction of sp³-hybridized carbons (Fsp3) is 0.500. The number of primary amides is 1. The van der Waals surface area contributed by atoms with Crippen molar-refractivity contribution in [2.45, 2.75) is 31.7 Å². The standard InChI is InChI=1S/C16H21FN4O2/c1-21(15(18)22)9-10-2-5-12(6-3-10)19-16-20-13-7-4-11(17)8-14(13)23-16/h4,7-8,10,12H,2-3,5-6,9H2,1H3,(H2,18,22)(H,19,20). The van der Waals surface area contributed by atoms with Gasteiger partial charge in [0.15, 0.2) is 5.58 Å². The Bertz CT molecular complexity index is 694. The van der Waals surface area contributed by atoms with Crippen LogP contribution in [0.25, 0.3) is 11.1 Å². The molecule has 1 aromatic heterocycles. The van der Waals surface area contributed by atoms with Gasteiger partial charge in [-0.25, -0.2) is 9.18 Å². The number of hydrogen-bond acceptors (Lipinski definition) is 4. The van der Waals surface area contributed by atoms with E-state index in [4.69, 9.17) is 10.2 Å². The van der Waals surface area contributed by atoms with Crippen LogP contribution in [0.1, 0.15) is 25.7 Å². The van der Waals surface area contributed by atoms with E-state index in [1.165, 1.54) is 12.1 Å². The second-order valence-electron chi connectivity index (χ2n) is 6.21. The van der Waals surface area contributed by atoms with Gasteiger partial charge in [-0.3, -0.25) is 0 Å². The summed E-state index contributed by atoms with van der Waals surface area (Å²) in [6.45, 7) is 0.699. The molecule has 2 amide bonds. The zero-order valence-corrected chi connectivity index (χ0v) is 13.1. The fourth-order valence-electron chi connectivity index (χ4n) is 3.10. The van der Waals surface area contributed by atoms with E-state index in [1.54, 1.807) is 18.0 Å². The molecular formula is C16H21FN4O2. The third kappa shape index (κ3) is 3.72. The van der Waals surface area contributed by atoms with Crippen molar-refractivity contribution in [2.75, 3.05) is 18.9 Å². The molecule has 0 bridgehead atoms. The van der Waals surface area contributed by atoms with E-state index >= 15 is 0 Å². The van der Waals surface area contributed by atoms with Crippen LogP contribution >= 0.6 is 0 Å². The summed E-state index contributed by atoms with van der Waals surface area (Å²) >= 11 is 0. The SMILES string of the molecule is CN(CC1CCC(Nc2nc3ccc(F)cc3o2)CC1)C(N)=O. The van der Waals surface area contributed by atoms with Crippen molar-refractivity contribution in [3.8, 4) is 0 Å². The minimum atomic E-state index is -0.385. The van der Waals surface area contributed by atoms with E-state index in [2.05, 4.69) is 10.3 Å². The fourth-order valence-corrected chi connectivity index (χ4v) is 3.10. The summed E-state index contributed by atoms with van der Waals surface area (Å²) in [5.74, 6) is 0.141. The summed E-state index contributed by atoms with van der Waals surface area (Å²) < 4.78 is 18.7. The molecule has 0 spiro atoms. The zero-order valence-electron chi connectivity index (χ0n) is 13.1. The number of halogens is 1. The highest BCUT2D eigenvalue weighted by molar-refractivity contribution is 5.74. The van der Waals surface area contributed by atoms with Crippen LogP contribution < -0.4 is 11.1 Å². The highest BCUT2D eigenvalue weighted by Crippen LogP contribution is 2.28. The van der Waals surface area contributed by atoms with E-state index in [9.17, 15) is 9.18 Å². The molecule has 1 saturated carbocycles. The number of urea groups is 1. The van der Waals surface area contributed by atoms with Crippen molar-refractivity contribution in [2.24, 2.45) is 11.7 Å². The molecule has 1 heterocycles. The first-order chi connectivity index (χ1) is 11.0. The molecule has 1 aliphatic rings. The molecule has 0 atom stereocenters. The number of carbonyl (C=O) groups is 1. The van der Waals surface area contributed by atoms with Crippen LogP contribution in [0.2, 0.25) is 0 Å². The van der Waals surface area contributed by atoms with Gasteiger partial charge in [0.1, 0.15) is 11.3 Å². The summed E-state index contributed by atoms with van der Waals surface area (Å²) in [5.41, 5.74) is 6.35. The highest BCUT2D eigenvalue weighted by Gasteiger charge is 2.24. The second kappa shape index (κ2) is 6.44. The number of nitrogens with zero attached hydrogens (tertiary/aromatic N) is 2.